The second-order valence-corrected chi connectivity index (χ2v) is 8.78. The van der Waals surface area contributed by atoms with Crippen LogP contribution in [0, 0.1) is 11.7 Å². The molecule has 1 aliphatic heterocycles. The zero-order chi connectivity index (χ0) is 20.4. The standard InChI is InChI=1S/C23H33FN2O3/c1-25-22-19-7-4-8-20(19)26(23(27)28-2)21(22)14-29-18-11-9-15(10-12-18)16-5-3-6-17(24)13-16/h3,5-6,13,15,18-22,25H,4,7-12,14H2,1-2H3/t15-,18+,19-,20+,21-,22-/m0/s1. The van der Waals surface area contributed by atoms with Crippen molar-refractivity contribution in [3.63, 3.8) is 0 Å². The van der Waals surface area contributed by atoms with Gasteiger partial charge >= 0.3 is 6.09 Å². The molecule has 3 aliphatic rings. The van der Waals surface area contributed by atoms with E-state index in [4.69, 9.17) is 9.47 Å². The van der Waals surface area contributed by atoms with Crippen LogP contribution in [0.3, 0.4) is 0 Å². The van der Waals surface area contributed by atoms with E-state index in [0.29, 0.717) is 18.4 Å². The first kappa shape index (κ1) is 20.6. The van der Waals surface area contributed by atoms with Gasteiger partial charge in [-0.2, -0.15) is 0 Å². The van der Waals surface area contributed by atoms with Gasteiger partial charge in [-0.05, 0) is 75.1 Å². The zero-order valence-electron chi connectivity index (χ0n) is 17.5. The lowest BCUT2D eigenvalue weighted by atomic mass is 9.82. The Hall–Kier alpha value is -1.66. The van der Waals surface area contributed by atoms with E-state index in [1.54, 1.807) is 12.1 Å². The van der Waals surface area contributed by atoms with E-state index in [-0.39, 0.29) is 36.1 Å². The highest BCUT2D eigenvalue weighted by Crippen LogP contribution is 2.42. The van der Waals surface area contributed by atoms with Gasteiger partial charge in [0.2, 0.25) is 0 Å². The largest absolute Gasteiger partial charge is 0.453 e. The van der Waals surface area contributed by atoms with Crippen molar-refractivity contribution in [2.45, 2.75) is 75.1 Å². The number of nitrogens with one attached hydrogen (secondary N) is 1. The van der Waals surface area contributed by atoms with Gasteiger partial charge in [0.25, 0.3) is 0 Å². The lowest BCUT2D eigenvalue weighted by Crippen LogP contribution is -2.49. The topological polar surface area (TPSA) is 50.8 Å². The molecular formula is C23H33FN2O3. The summed E-state index contributed by atoms with van der Waals surface area (Å²) in [5.41, 5.74) is 1.10. The molecule has 1 saturated heterocycles. The quantitative estimate of drug-likeness (QED) is 0.804. The van der Waals surface area contributed by atoms with Gasteiger partial charge in [-0.3, -0.25) is 4.90 Å². The molecule has 1 heterocycles. The highest BCUT2D eigenvalue weighted by molar-refractivity contribution is 5.69. The van der Waals surface area contributed by atoms with Crippen molar-refractivity contribution in [2.24, 2.45) is 5.92 Å². The number of likely N-dealkylation sites (N-methyl/N-ethyl adjacent to an activating group) is 1. The van der Waals surface area contributed by atoms with E-state index in [2.05, 4.69) is 5.32 Å². The number of carbonyl (C=O) groups is 1. The molecular weight excluding hydrogens is 371 g/mol. The molecule has 5 nitrogen and oxygen atoms in total. The first-order valence-corrected chi connectivity index (χ1v) is 11.0. The number of fused-ring (bicyclic) bond motifs is 1. The predicted octanol–water partition coefficient (Wildman–Crippen LogP) is 4.08. The highest BCUT2D eigenvalue weighted by atomic mass is 19.1. The summed E-state index contributed by atoms with van der Waals surface area (Å²) in [6.07, 6.45) is 7.32. The van der Waals surface area contributed by atoms with E-state index in [0.717, 1.165) is 44.1 Å². The Morgan fingerprint density at radius 1 is 1.21 bits per heavy atom. The molecule has 2 saturated carbocycles. The molecule has 1 aromatic carbocycles. The molecule has 0 radical (unpaired) electrons. The van der Waals surface area contributed by atoms with Crippen molar-refractivity contribution < 1.29 is 18.7 Å². The van der Waals surface area contributed by atoms with Gasteiger partial charge in [-0.15, -0.1) is 0 Å². The number of methoxy groups -OCH3 is 1. The maximum absolute atomic E-state index is 13.5. The summed E-state index contributed by atoms with van der Waals surface area (Å²) in [7, 11) is 3.45. The maximum Gasteiger partial charge on any atom is 0.410 e. The molecule has 4 atom stereocenters. The SMILES string of the molecule is CN[C@H]1[C@H]2CCC[C@H]2N(C(=O)OC)[C@H]1CO[C@H]1CC[C@@H](c2cccc(F)c2)CC1. The molecule has 160 valence electrons. The first-order valence-electron chi connectivity index (χ1n) is 11.0. The van der Waals surface area contributed by atoms with Gasteiger partial charge in [0.15, 0.2) is 0 Å². The fourth-order valence-electron chi connectivity index (χ4n) is 5.96. The molecule has 0 unspecified atom stereocenters. The lowest BCUT2D eigenvalue weighted by Gasteiger charge is -2.33. The minimum Gasteiger partial charge on any atom is -0.453 e. The molecule has 0 bridgehead atoms. The van der Waals surface area contributed by atoms with Gasteiger partial charge in [0.05, 0.1) is 25.9 Å². The number of ether oxygens (including phenoxy) is 2. The normalized spacial score (nSPS) is 34.2. The number of benzene rings is 1. The number of nitrogens with zero attached hydrogens (tertiary/aromatic N) is 1. The molecule has 1 amide bonds. The summed E-state index contributed by atoms with van der Waals surface area (Å²) in [4.78, 5) is 14.4. The van der Waals surface area contributed by atoms with Gasteiger partial charge in [0, 0.05) is 12.1 Å². The fraction of sp³-hybridized carbons (Fsp3) is 0.696. The summed E-state index contributed by atoms with van der Waals surface area (Å²) in [6.45, 7) is 0.545. The van der Waals surface area contributed by atoms with Gasteiger partial charge in [0.1, 0.15) is 5.82 Å². The monoisotopic (exact) mass is 404 g/mol. The summed E-state index contributed by atoms with van der Waals surface area (Å²) in [5.74, 6) is 0.734. The van der Waals surface area contributed by atoms with Crippen LogP contribution in [0.1, 0.15) is 56.4 Å². The van der Waals surface area contributed by atoms with Crippen molar-refractivity contribution >= 4 is 6.09 Å². The molecule has 1 N–H and O–H groups in total. The molecule has 6 heteroatoms. The van der Waals surface area contributed by atoms with E-state index in [1.807, 2.05) is 18.0 Å². The smallest absolute Gasteiger partial charge is 0.410 e. The number of amides is 1. The number of hydrogen-bond donors (Lipinski definition) is 1. The van der Waals surface area contributed by atoms with Gasteiger partial charge in [-0.25, -0.2) is 9.18 Å². The van der Waals surface area contributed by atoms with Crippen LogP contribution < -0.4 is 5.32 Å². The minimum atomic E-state index is -0.233. The average Bonchev–Trinajstić information content (AvgIpc) is 3.32. The van der Waals surface area contributed by atoms with Gasteiger partial charge < -0.3 is 14.8 Å². The lowest BCUT2D eigenvalue weighted by molar-refractivity contribution is -0.0105. The molecule has 2 aliphatic carbocycles. The average molecular weight is 405 g/mol. The fourth-order valence-corrected chi connectivity index (χ4v) is 5.96. The molecule has 1 aromatic rings. The Kier molecular flexibility index (Phi) is 6.40. The van der Waals surface area contributed by atoms with Crippen LogP contribution in [0.15, 0.2) is 24.3 Å². The van der Waals surface area contributed by atoms with Crippen LogP contribution in [0.2, 0.25) is 0 Å². The Labute approximate surface area is 172 Å². The summed E-state index contributed by atoms with van der Waals surface area (Å²) in [6, 6.07) is 7.52. The third kappa shape index (κ3) is 4.15. The second-order valence-electron chi connectivity index (χ2n) is 8.78. The van der Waals surface area contributed by atoms with Crippen molar-refractivity contribution in [1.82, 2.24) is 10.2 Å². The molecule has 0 aromatic heterocycles. The minimum absolute atomic E-state index is 0.0173. The second kappa shape index (κ2) is 9.00. The van der Waals surface area contributed by atoms with Crippen LogP contribution in [0.5, 0.6) is 0 Å². The van der Waals surface area contributed by atoms with E-state index >= 15 is 0 Å². The Morgan fingerprint density at radius 2 is 2.00 bits per heavy atom. The van der Waals surface area contributed by atoms with Crippen molar-refractivity contribution in [3.8, 4) is 0 Å². The Bertz CT molecular complexity index is 707. The van der Waals surface area contributed by atoms with Crippen molar-refractivity contribution in [2.75, 3.05) is 20.8 Å². The molecule has 0 spiro atoms. The number of rotatable bonds is 5. The summed E-state index contributed by atoms with van der Waals surface area (Å²) < 4.78 is 25.0. The molecule has 3 fully saturated rings. The van der Waals surface area contributed by atoms with Crippen molar-refractivity contribution in [1.29, 1.82) is 0 Å². The summed E-state index contributed by atoms with van der Waals surface area (Å²) >= 11 is 0. The third-order valence-electron chi connectivity index (χ3n) is 7.34. The maximum atomic E-state index is 13.5. The van der Waals surface area contributed by atoms with Crippen LogP contribution >= 0.6 is 0 Å². The zero-order valence-corrected chi connectivity index (χ0v) is 17.5. The predicted molar refractivity (Wildman–Crippen MR) is 109 cm³/mol. The third-order valence-corrected chi connectivity index (χ3v) is 7.34. The van der Waals surface area contributed by atoms with E-state index < -0.39 is 0 Å². The number of hydrogen-bond acceptors (Lipinski definition) is 4. The Morgan fingerprint density at radius 3 is 2.69 bits per heavy atom. The van der Waals surface area contributed by atoms with E-state index in [1.165, 1.54) is 19.6 Å². The number of halogens is 1. The highest BCUT2D eigenvalue weighted by Gasteiger charge is 2.52. The van der Waals surface area contributed by atoms with Crippen molar-refractivity contribution in [3.05, 3.63) is 35.6 Å². The van der Waals surface area contributed by atoms with Gasteiger partial charge in [-0.1, -0.05) is 18.6 Å². The van der Waals surface area contributed by atoms with Crippen LogP contribution in [-0.2, 0) is 9.47 Å². The first-order chi connectivity index (χ1) is 14.1. The van der Waals surface area contributed by atoms with Crippen LogP contribution in [0.25, 0.3) is 0 Å². The molecule has 4 rings (SSSR count). The summed E-state index contributed by atoms with van der Waals surface area (Å²) in [5, 5.41) is 3.45. The number of carbonyl (C=O) groups excluding carboxylic acids is 1. The molecule has 29 heavy (non-hydrogen) atoms. The number of likely N-dealkylation sites (tertiary alicyclic amines) is 1. The Balaban J connectivity index is 1.35. The van der Waals surface area contributed by atoms with Crippen LogP contribution in [0.4, 0.5) is 9.18 Å². The van der Waals surface area contributed by atoms with Crippen LogP contribution in [-0.4, -0.2) is 56.0 Å². The van der Waals surface area contributed by atoms with E-state index in [9.17, 15) is 9.18 Å².